The third-order valence-corrected chi connectivity index (χ3v) is 5.78. The fraction of sp³-hybridized carbons (Fsp3) is 0.474. The van der Waals surface area contributed by atoms with E-state index < -0.39 is 18.7 Å². The van der Waals surface area contributed by atoms with Crippen LogP contribution < -0.4 is 9.47 Å². The number of carbonyl (C=O) groups excluding carboxylic acids is 1. The van der Waals surface area contributed by atoms with Crippen LogP contribution in [0, 0.1) is 5.92 Å². The Morgan fingerprint density at radius 1 is 1.24 bits per heavy atom. The summed E-state index contributed by atoms with van der Waals surface area (Å²) in [6.45, 7) is 0.194. The summed E-state index contributed by atoms with van der Waals surface area (Å²) in [5.41, 5.74) is 1.03. The number of rotatable bonds is 5. The zero-order chi connectivity index (χ0) is 20.4. The predicted molar refractivity (Wildman–Crippen MR) is 99.2 cm³/mol. The lowest BCUT2D eigenvalue weighted by molar-refractivity contribution is -0.148. The molecular weight excluding hydrogens is 409 g/mol. The van der Waals surface area contributed by atoms with Crippen LogP contribution in [0.4, 0.5) is 13.2 Å². The molecule has 156 valence electrons. The highest BCUT2D eigenvalue weighted by Gasteiger charge is 2.32. The molecule has 0 bridgehead atoms. The number of alkyl halides is 3. The fourth-order valence-electron chi connectivity index (χ4n) is 3.36. The summed E-state index contributed by atoms with van der Waals surface area (Å²) in [6, 6.07) is 5.45. The lowest BCUT2D eigenvalue weighted by Crippen LogP contribution is -2.40. The molecule has 0 N–H and O–H groups in total. The quantitative estimate of drug-likeness (QED) is 0.672. The molecular formula is C19H19F3N2O4S. The third-order valence-electron chi connectivity index (χ3n) is 4.89. The number of carbonyl (C=O) groups is 1. The smallest absolute Gasteiger partial charge is 0.401 e. The number of fused-ring (bicyclic) bond motifs is 1. The van der Waals surface area contributed by atoms with Gasteiger partial charge < -0.3 is 14.2 Å². The van der Waals surface area contributed by atoms with Crippen molar-refractivity contribution in [3.8, 4) is 22.1 Å². The van der Waals surface area contributed by atoms with Gasteiger partial charge in [-0.15, -0.1) is 11.3 Å². The van der Waals surface area contributed by atoms with Crippen molar-refractivity contribution in [2.24, 2.45) is 5.92 Å². The van der Waals surface area contributed by atoms with Crippen LogP contribution in [0.25, 0.3) is 10.6 Å². The largest absolute Gasteiger partial charge is 0.461 e. The van der Waals surface area contributed by atoms with E-state index in [1.54, 1.807) is 11.4 Å². The maximum atomic E-state index is 12.4. The summed E-state index contributed by atoms with van der Waals surface area (Å²) in [5.74, 6) is 0.853. The van der Waals surface area contributed by atoms with Crippen LogP contribution in [-0.4, -0.2) is 55.1 Å². The summed E-state index contributed by atoms with van der Waals surface area (Å²) < 4.78 is 53.3. The Morgan fingerprint density at radius 2 is 2.00 bits per heavy atom. The second kappa shape index (κ2) is 8.19. The van der Waals surface area contributed by atoms with E-state index in [0.29, 0.717) is 42.4 Å². The van der Waals surface area contributed by atoms with Gasteiger partial charge in [-0.2, -0.15) is 13.2 Å². The second-order valence-electron chi connectivity index (χ2n) is 7.04. The number of halogens is 3. The van der Waals surface area contributed by atoms with Gasteiger partial charge in [0.25, 0.3) is 0 Å². The number of hydrogen-bond donors (Lipinski definition) is 0. The second-order valence-corrected chi connectivity index (χ2v) is 7.90. The molecule has 4 rings (SSSR count). The van der Waals surface area contributed by atoms with Gasteiger partial charge in [-0.3, -0.25) is 4.90 Å². The SMILES string of the molecule is O=C(OCC1CCN(CC(F)(F)F)CC1)c1csc(-c2ccc3c(c2)OCO3)n1. The number of hydrogen-bond acceptors (Lipinski definition) is 7. The summed E-state index contributed by atoms with van der Waals surface area (Å²) in [5, 5.41) is 2.30. The van der Waals surface area contributed by atoms with E-state index in [2.05, 4.69) is 4.98 Å². The first-order chi connectivity index (χ1) is 13.9. The molecule has 0 amide bonds. The molecule has 3 heterocycles. The van der Waals surface area contributed by atoms with E-state index in [1.807, 2.05) is 12.1 Å². The van der Waals surface area contributed by atoms with Gasteiger partial charge in [-0.1, -0.05) is 0 Å². The van der Waals surface area contributed by atoms with Gasteiger partial charge in [0.2, 0.25) is 6.79 Å². The molecule has 0 aliphatic carbocycles. The number of ether oxygens (including phenoxy) is 3. The fourth-order valence-corrected chi connectivity index (χ4v) is 4.15. The Bertz CT molecular complexity index is 879. The Kier molecular flexibility index (Phi) is 5.64. The molecule has 29 heavy (non-hydrogen) atoms. The zero-order valence-electron chi connectivity index (χ0n) is 15.4. The van der Waals surface area contributed by atoms with Crippen LogP contribution in [0.15, 0.2) is 23.6 Å². The number of thiazole rings is 1. The van der Waals surface area contributed by atoms with Crippen molar-refractivity contribution < 1.29 is 32.2 Å². The molecule has 0 radical (unpaired) electrons. The molecule has 1 fully saturated rings. The highest BCUT2D eigenvalue weighted by molar-refractivity contribution is 7.13. The first kappa shape index (κ1) is 20.0. The minimum absolute atomic E-state index is 0.0652. The van der Waals surface area contributed by atoms with Gasteiger partial charge in [-0.05, 0) is 50.0 Å². The van der Waals surface area contributed by atoms with Crippen molar-refractivity contribution in [3.63, 3.8) is 0 Å². The van der Waals surface area contributed by atoms with Gasteiger partial charge >= 0.3 is 12.1 Å². The normalized spacial score (nSPS) is 17.5. The van der Waals surface area contributed by atoms with E-state index in [4.69, 9.17) is 14.2 Å². The van der Waals surface area contributed by atoms with Crippen LogP contribution in [0.3, 0.4) is 0 Å². The average Bonchev–Trinajstić information content (AvgIpc) is 3.35. The van der Waals surface area contributed by atoms with Crippen molar-refractivity contribution in [1.29, 1.82) is 0 Å². The lowest BCUT2D eigenvalue weighted by atomic mass is 9.98. The van der Waals surface area contributed by atoms with Gasteiger partial charge in [0, 0.05) is 10.9 Å². The third kappa shape index (κ3) is 4.99. The van der Waals surface area contributed by atoms with Crippen LogP contribution >= 0.6 is 11.3 Å². The van der Waals surface area contributed by atoms with E-state index >= 15 is 0 Å². The molecule has 1 aromatic carbocycles. The molecule has 0 spiro atoms. The molecule has 2 aromatic rings. The number of esters is 1. The minimum atomic E-state index is -4.18. The first-order valence-corrected chi connectivity index (χ1v) is 10.1. The van der Waals surface area contributed by atoms with E-state index in [9.17, 15) is 18.0 Å². The molecule has 6 nitrogen and oxygen atoms in total. The van der Waals surface area contributed by atoms with E-state index in [0.717, 1.165) is 5.56 Å². The summed E-state index contributed by atoms with van der Waals surface area (Å²) in [6.07, 6.45) is -3.04. The molecule has 0 saturated carbocycles. The first-order valence-electron chi connectivity index (χ1n) is 9.19. The van der Waals surface area contributed by atoms with Crippen molar-refractivity contribution >= 4 is 17.3 Å². The maximum absolute atomic E-state index is 12.4. The summed E-state index contributed by atoms with van der Waals surface area (Å²) in [7, 11) is 0. The van der Waals surface area contributed by atoms with Gasteiger partial charge in [-0.25, -0.2) is 9.78 Å². The Morgan fingerprint density at radius 3 is 2.76 bits per heavy atom. The monoisotopic (exact) mass is 428 g/mol. The molecule has 0 atom stereocenters. The number of piperidine rings is 1. The zero-order valence-corrected chi connectivity index (χ0v) is 16.2. The number of aromatic nitrogens is 1. The number of nitrogens with zero attached hydrogens (tertiary/aromatic N) is 2. The number of benzene rings is 1. The van der Waals surface area contributed by atoms with Crippen LogP contribution in [0.5, 0.6) is 11.5 Å². The lowest BCUT2D eigenvalue weighted by Gasteiger charge is -2.31. The molecule has 2 aliphatic rings. The van der Waals surface area contributed by atoms with Crippen LogP contribution in [0.2, 0.25) is 0 Å². The van der Waals surface area contributed by atoms with Crippen LogP contribution in [0.1, 0.15) is 23.3 Å². The van der Waals surface area contributed by atoms with Crippen LogP contribution in [-0.2, 0) is 4.74 Å². The van der Waals surface area contributed by atoms with E-state index in [1.165, 1.54) is 16.2 Å². The Labute approximate surface area is 169 Å². The van der Waals surface area contributed by atoms with Gasteiger partial charge in [0.15, 0.2) is 17.2 Å². The molecule has 0 unspecified atom stereocenters. The van der Waals surface area contributed by atoms with Crippen molar-refractivity contribution in [2.75, 3.05) is 33.0 Å². The van der Waals surface area contributed by atoms with Crippen molar-refractivity contribution in [2.45, 2.75) is 19.0 Å². The molecule has 10 heteroatoms. The van der Waals surface area contributed by atoms with E-state index in [-0.39, 0.29) is 25.0 Å². The van der Waals surface area contributed by atoms with Crippen molar-refractivity contribution in [3.05, 3.63) is 29.3 Å². The average molecular weight is 428 g/mol. The molecule has 2 aliphatic heterocycles. The standard InChI is InChI=1S/C19H19F3N2O4S/c20-19(21,22)10-24-5-3-12(4-6-24)8-26-18(25)14-9-29-17(23-14)13-1-2-15-16(7-13)28-11-27-15/h1-2,7,9,12H,3-6,8,10-11H2. The van der Waals surface area contributed by atoms with Gasteiger partial charge in [0.05, 0.1) is 13.2 Å². The Balaban J connectivity index is 1.28. The topological polar surface area (TPSA) is 60.9 Å². The maximum Gasteiger partial charge on any atom is 0.401 e. The number of likely N-dealkylation sites (tertiary alicyclic amines) is 1. The molecule has 1 aromatic heterocycles. The highest BCUT2D eigenvalue weighted by atomic mass is 32.1. The Hall–Kier alpha value is -2.33. The predicted octanol–water partition coefficient (Wildman–Crippen LogP) is 3.97. The summed E-state index contributed by atoms with van der Waals surface area (Å²) >= 11 is 1.32. The molecule has 1 saturated heterocycles. The minimum Gasteiger partial charge on any atom is -0.461 e. The highest BCUT2D eigenvalue weighted by Crippen LogP contribution is 2.36. The summed E-state index contributed by atoms with van der Waals surface area (Å²) in [4.78, 5) is 18.0. The van der Waals surface area contributed by atoms with Crippen molar-refractivity contribution in [1.82, 2.24) is 9.88 Å². The van der Waals surface area contributed by atoms with Gasteiger partial charge in [0.1, 0.15) is 5.01 Å².